The number of nitrogens with two attached hydrogens (primary N) is 1. The van der Waals surface area contributed by atoms with Crippen molar-refractivity contribution in [2.75, 3.05) is 0 Å². The minimum absolute atomic E-state index is 0.139. The molecule has 48 valence electrons. The normalized spacial score (nSPS) is 13.2. The van der Waals surface area contributed by atoms with Gasteiger partial charge in [0, 0.05) is 0 Å². The van der Waals surface area contributed by atoms with Gasteiger partial charge in [-0.05, 0) is 0 Å². The van der Waals surface area contributed by atoms with Gasteiger partial charge in [-0.2, -0.15) is 0 Å². The Balaban J connectivity index is 3.32. The van der Waals surface area contributed by atoms with Gasteiger partial charge in [-0.15, -0.1) is 0 Å². The van der Waals surface area contributed by atoms with Crippen molar-refractivity contribution < 1.29 is 5.11 Å². The fourth-order valence-corrected chi connectivity index (χ4v) is 2.05. The third-order valence-corrected chi connectivity index (χ3v) is 2.75. The van der Waals surface area contributed by atoms with E-state index >= 15 is 0 Å². The number of aliphatic hydroxyl groups is 1. The van der Waals surface area contributed by atoms with Gasteiger partial charge >= 0.3 is 63.2 Å². The average molecular weight is 245 g/mol. The molecule has 0 aliphatic carbocycles. The van der Waals surface area contributed by atoms with Crippen molar-refractivity contribution >= 4 is 35.1 Å². The molecule has 0 aromatic heterocycles. The Morgan fingerprint density at radius 3 is 2.62 bits per heavy atom. The van der Waals surface area contributed by atoms with Crippen molar-refractivity contribution in [1.82, 2.24) is 0 Å². The van der Waals surface area contributed by atoms with E-state index in [1.165, 1.54) is 0 Å². The molecule has 0 saturated carbocycles. The first-order valence-electron chi connectivity index (χ1n) is 2.15. The van der Waals surface area contributed by atoms with Crippen molar-refractivity contribution in [2.45, 2.75) is 17.2 Å². The summed E-state index contributed by atoms with van der Waals surface area (Å²) in [5, 5.41) is 9.61. The maximum atomic E-state index is 8.70. The second-order valence-electron chi connectivity index (χ2n) is 1.40. The molecule has 0 aromatic carbocycles. The van der Waals surface area contributed by atoms with Crippen LogP contribution in [0, 0.1) is 0 Å². The van der Waals surface area contributed by atoms with Gasteiger partial charge in [0.05, 0.1) is 0 Å². The van der Waals surface area contributed by atoms with Crippen LogP contribution in [0.5, 0.6) is 0 Å². The van der Waals surface area contributed by atoms with Crippen LogP contribution in [0.3, 0.4) is 0 Å². The van der Waals surface area contributed by atoms with Crippen LogP contribution in [0.1, 0.15) is 0 Å². The molecule has 0 fully saturated rings. The molecule has 0 radical (unpaired) electrons. The molecule has 0 bridgehead atoms. The molecule has 0 aliphatic rings. The molecule has 0 spiro atoms. The molecule has 3 N–H and O–H groups in total. The fourth-order valence-electron chi connectivity index (χ4n) is 0.251. The Labute approximate surface area is 63.3 Å². The summed E-state index contributed by atoms with van der Waals surface area (Å²) in [7, 11) is 0. The molecule has 0 rings (SSSR count). The molecule has 4 heteroatoms. The van der Waals surface area contributed by atoms with Gasteiger partial charge in [0.25, 0.3) is 0 Å². The predicted molar refractivity (Wildman–Crippen MR) is 37.1 cm³/mol. The van der Waals surface area contributed by atoms with Crippen molar-refractivity contribution in [1.29, 1.82) is 0 Å². The van der Waals surface area contributed by atoms with E-state index in [1.54, 1.807) is 0 Å². The van der Waals surface area contributed by atoms with E-state index in [-0.39, 0.29) is 10.6 Å². The zero-order valence-electron chi connectivity index (χ0n) is 4.63. The van der Waals surface area contributed by atoms with Crippen LogP contribution in [0.25, 0.3) is 0 Å². The molecule has 0 aliphatic heterocycles. The quantitative estimate of drug-likeness (QED) is 0.636. The summed E-state index contributed by atoms with van der Waals surface area (Å²) >= 11 is 3.03. The summed E-state index contributed by atoms with van der Waals surface area (Å²) < 4.78 is 0.230. The second-order valence-corrected chi connectivity index (χ2v) is 4.19. The van der Waals surface area contributed by atoms with Crippen LogP contribution in [-0.2, 0) is 0 Å². The number of hydrogen-bond acceptors (Lipinski definition) is 2. The fraction of sp³-hybridized carbons (Fsp3) is 0.750. The van der Waals surface area contributed by atoms with Gasteiger partial charge in [0.1, 0.15) is 0 Å². The topological polar surface area (TPSA) is 46.2 Å². The molecule has 0 unspecified atom stereocenters. The Bertz CT molecular complexity index is 86.1. The molecule has 0 saturated heterocycles. The van der Waals surface area contributed by atoms with E-state index in [0.717, 1.165) is 5.32 Å². The molecule has 0 aromatic rings. The number of hydrogen-bond donors (Lipinski definition) is 2. The Hall–Kier alpha value is 0.669. The Kier molecular flexibility index (Phi) is 4.92. The van der Waals surface area contributed by atoms with Crippen molar-refractivity contribution in [3.05, 3.63) is 0 Å². The van der Waals surface area contributed by atoms with Gasteiger partial charge in [0.2, 0.25) is 0 Å². The summed E-state index contributed by atoms with van der Waals surface area (Å²) in [5.74, 6) is 2.09. The Morgan fingerprint density at radius 1 is 2.00 bits per heavy atom. The summed E-state index contributed by atoms with van der Waals surface area (Å²) in [5.41, 5.74) is 5.42. The van der Waals surface area contributed by atoms with Crippen LogP contribution < -0.4 is 5.73 Å². The standard InChI is InChI=1S/C4H9NOSe2/c1-8-2-3(5)4(6)7/h3H,2,5H2,1H3,(H,6,7)/t3-/m0/s1. The second kappa shape index (κ2) is 4.54. The summed E-state index contributed by atoms with van der Waals surface area (Å²) in [6.45, 7) is 0. The van der Waals surface area contributed by atoms with Crippen LogP contribution in [0.2, 0.25) is 11.1 Å². The Morgan fingerprint density at radius 2 is 2.50 bits per heavy atom. The van der Waals surface area contributed by atoms with Gasteiger partial charge in [-0.3, -0.25) is 0 Å². The van der Waals surface area contributed by atoms with Gasteiger partial charge in [-0.25, -0.2) is 0 Å². The zero-order chi connectivity index (χ0) is 6.57. The van der Waals surface area contributed by atoms with Gasteiger partial charge in [0.15, 0.2) is 0 Å². The van der Waals surface area contributed by atoms with Crippen LogP contribution in [0.4, 0.5) is 0 Å². The van der Waals surface area contributed by atoms with E-state index in [2.05, 4.69) is 21.4 Å². The van der Waals surface area contributed by atoms with E-state index in [1.807, 2.05) is 0 Å². The molecule has 8 heavy (non-hydrogen) atoms. The number of rotatable bonds is 3. The summed E-state index contributed by atoms with van der Waals surface area (Å²) in [4.78, 5) is 0. The van der Waals surface area contributed by atoms with E-state index in [4.69, 9.17) is 10.8 Å². The van der Waals surface area contributed by atoms with E-state index in [9.17, 15) is 0 Å². The minimum atomic E-state index is -0.139. The monoisotopic (exact) mass is 247 g/mol. The molecular formula is C4H9NOSe2. The predicted octanol–water partition coefficient (Wildman–Crippen LogP) is -0.845. The molecular weight excluding hydrogens is 236 g/mol. The summed E-state index contributed by atoms with van der Waals surface area (Å²) in [6, 6.07) is -0.139. The number of aliphatic hydroxyl groups excluding tert-OH is 1. The average Bonchev–Trinajstić information content (AvgIpc) is 1.67. The first-order valence-corrected chi connectivity index (χ1v) is 5.94. The van der Waals surface area contributed by atoms with Crippen molar-refractivity contribution in [2.24, 2.45) is 5.73 Å². The first kappa shape index (κ1) is 8.67. The third kappa shape index (κ3) is 3.64. The van der Waals surface area contributed by atoms with Crippen LogP contribution >= 0.6 is 0 Å². The summed E-state index contributed by atoms with van der Waals surface area (Å²) in [6.07, 6.45) is 0. The van der Waals surface area contributed by atoms with E-state index < -0.39 is 0 Å². The molecule has 2 nitrogen and oxygen atoms in total. The maximum absolute atomic E-state index is 8.70. The van der Waals surface area contributed by atoms with Gasteiger partial charge in [-0.1, -0.05) is 0 Å². The first-order chi connectivity index (χ1) is 3.68. The molecule has 0 heterocycles. The van der Waals surface area contributed by atoms with Crippen molar-refractivity contribution in [3.8, 4) is 0 Å². The van der Waals surface area contributed by atoms with Crippen LogP contribution in [0.15, 0.2) is 0 Å². The van der Waals surface area contributed by atoms with Crippen molar-refractivity contribution in [3.63, 3.8) is 0 Å². The molecule has 0 amide bonds. The SMILES string of the molecule is C[Se]C[C@H](N)C(O)=[Se]. The molecule has 1 atom stereocenters. The zero-order valence-corrected chi connectivity index (χ0v) is 8.05. The van der Waals surface area contributed by atoms with E-state index in [0.29, 0.717) is 15.0 Å². The van der Waals surface area contributed by atoms with Crippen LogP contribution in [-0.4, -0.2) is 46.3 Å². The third-order valence-electron chi connectivity index (χ3n) is 0.663. The van der Waals surface area contributed by atoms with Gasteiger partial charge < -0.3 is 0 Å².